The molecule has 0 radical (unpaired) electrons. The number of carbonyl (C=O) groups excluding carboxylic acids is 1. The quantitative estimate of drug-likeness (QED) is 0.734. The lowest BCUT2D eigenvalue weighted by molar-refractivity contribution is -0.121. The lowest BCUT2D eigenvalue weighted by Crippen LogP contribution is -2.25. The molecule has 0 fully saturated rings. The molecule has 0 spiro atoms. The maximum atomic E-state index is 12.2. The van der Waals surface area contributed by atoms with Gasteiger partial charge in [0.15, 0.2) is 11.5 Å². The van der Waals surface area contributed by atoms with E-state index in [-0.39, 0.29) is 11.3 Å². The first-order chi connectivity index (χ1) is 12.8. The Hall–Kier alpha value is -2.69. The van der Waals surface area contributed by atoms with Crippen LogP contribution in [0.2, 0.25) is 0 Å². The topological polar surface area (TPSA) is 59.6 Å². The van der Waals surface area contributed by atoms with Crippen LogP contribution < -0.4 is 20.1 Å². The number of hydrogen-bond acceptors (Lipinski definition) is 4. The molecule has 2 aromatic carbocycles. The molecule has 1 amide bonds. The van der Waals surface area contributed by atoms with E-state index in [9.17, 15) is 4.79 Å². The largest absolute Gasteiger partial charge is 0.493 e. The minimum absolute atomic E-state index is 0.00512. The molecule has 2 N–H and O–H groups in total. The van der Waals surface area contributed by atoms with Crippen LogP contribution in [0, 0.1) is 0 Å². The van der Waals surface area contributed by atoms with Crippen LogP contribution in [0.5, 0.6) is 11.5 Å². The van der Waals surface area contributed by atoms with Crippen molar-refractivity contribution < 1.29 is 14.3 Å². The van der Waals surface area contributed by atoms with Gasteiger partial charge >= 0.3 is 0 Å². The van der Waals surface area contributed by atoms with Gasteiger partial charge in [-0.2, -0.15) is 0 Å². The SMILES string of the molecule is COc1ccc(CNC(=O)CCNc2ccccc2C(C)(C)C)cc1OC. The van der Waals surface area contributed by atoms with Gasteiger partial charge in [-0.15, -0.1) is 0 Å². The smallest absolute Gasteiger partial charge is 0.222 e. The molecule has 0 aliphatic heterocycles. The summed E-state index contributed by atoms with van der Waals surface area (Å²) in [4.78, 5) is 12.2. The van der Waals surface area contributed by atoms with Crippen LogP contribution in [0.25, 0.3) is 0 Å². The first kappa shape index (κ1) is 20.6. The number of benzene rings is 2. The van der Waals surface area contributed by atoms with E-state index in [1.165, 1.54) is 5.56 Å². The zero-order valence-electron chi connectivity index (χ0n) is 16.9. The van der Waals surface area contributed by atoms with Crippen molar-refractivity contribution in [2.24, 2.45) is 0 Å². The highest BCUT2D eigenvalue weighted by atomic mass is 16.5. The molecule has 2 aromatic rings. The Balaban J connectivity index is 1.84. The summed E-state index contributed by atoms with van der Waals surface area (Å²) in [6.07, 6.45) is 0.408. The summed E-state index contributed by atoms with van der Waals surface area (Å²) in [5, 5.41) is 6.33. The molecule has 2 rings (SSSR count). The molecule has 0 aliphatic rings. The predicted molar refractivity (Wildman–Crippen MR) is 110 cm³/mol. The predicted octanol–water partition coefficient (Wildman–Crippen LogP) is 4.12. The van der Waals surface area contributed by atoms with Gasteiger partial charge < -0.3 is 20.1 Å². The number of ether oxygens (including phenoxy) is 2. The number of nitrogens with one attached hydrogen (secondary N) is 2. The van der Waals surface area contributed by atoms with E-state index in [4.69, 9.17) is 9.47 Å². The number of para-hydroxylation sites is 1. The number of rotatable bonds is 8. The second-order valence-corrected chi connectivity index (χ2v) is 7.44. The lowest BCUT2D eigenvalue weighted by atomic mass is 9.86. The highest BCUT2D eigenvalue weighted by Gasteiger charge is 2.17. The molecule has 0 saturated heterocycles. The van der Waals surface area contributed by atoms with Gasteiger partial charge in [0.2, 0.25) is 5.91 Å². The molecule has 5 nitrogen and oxygen atoms in total. The molecule has 0 aliphatic carbocycles. The number of hydrogen-bond donors (Lipinski definition) is 2. The molecular formula is C22H30N2O3. The molecular weight excluding hydrogens is 340 g/mol. The monoisotopic (exact) mass is 370 g/mol. The normalized spacial score (nSPS) is 11.0. The fraction of sp³-hybridized carbons (Fsp3) is 0.409. The summed E-state index contributed by atoms with van der Waals surface area (Å²) < 4.78 is 10.5. The van der Waals surface area contributed by atoms with E-state index in [1.54, 1.807) is 14.2 Å². The van der Waals surface area contributed by atoms with Crippen molar-refractivity contribution in [3.05, 3.63) is 53.6 Å². The Morgan fingerprint density at radius 2 is 1.70 bits per heavy atom. The van der Waals surface area contributed by atoms with Crippen molar-refractivity contribution in [2.75, 3.05) is 26.1 Å². The Labute approximate surface area is 162 Å². The maximum Gasteiger partial charge on any atom is 0.222 e. The Morgan fingerprint density at radius 1 is 1.00 bits per heavy atom. The highest BCUT2D eigenvalue weighted by Crippen LogP contribution is 2.29. The van der Waals surface area contributed by atoms with Gasteiger partial charge in [0.25, 0.3) is 0 Å². The molecule has 0 unspecified atom stereocenters. The van der Waals surface area contributed by atoms with Crippen LogP contribution in [-0.4, -0.2) is 26.7 Å². The van der Waals surface area contributed by atoms with Crippen molar-refractivity contribution >= 4 is 11.6 Å². The average molecular weight is 370 g/mol. The molecule has 5 heteroatoms. The fourth-order valence-electron chi connectivity index (χ4n) is 2.88. The van der Waals surface area contributed by atoms with E-state index in [2.05, 4.69) is 43.5 Å². The van der Waals surface area contributed by atoms with Gasteiger partial charge in [-0.3, -0.25) is 4.79 Å². The minimum Gasteiger partial charge on any atom is -0.493 e. The maximum absolute atomic E-state index is 12.2. The zero-order valence-corrected chi connectivity index (χ0v) is 16.9. The average Bonchev–Trinajstić information content (AvgIpc) is 2.65. The summed E-state index contributed by atoms with van der Waals surface area (Å²) in [5.74, 6) is 1.34. The van der Waals surface area contributed by atoms with Crippen molar-refractivity contribution in [1.82, 2.24) is 5.32 Å². The van der Waals surface area contributed by atoms with E-state index in [0.29, 0.717) is 31.0 Å². The lowest BCUT2D eigenvalue weighted by Gasteiger charge is -2.23. The molecule has 0 aromatic heterocycles. The third-order valence-corrected chi connectivity index (χ3v) is 4.34. The Kier molecular flexibility index (Phi) is 7.11. The minimum atomic E-state index is 0.00512. The highest BCUT2D eigenvalue weighted by molar-refractivity contribution is 5.76. The summed E-state index contributed by atoms with van der Waals surface area (Å²) in [6, 6.07) is 13.9. The van der Waals surface area contributed by atoms with Gasteiger partial charge in [-0.05, 0) is 34.7 Å². The molecule has 27 heavy (non-hydrogen) atoms. The van der Waals surface area contributed by atoms with Crippen molar-refractivity contribution in [3.8, 4) is 11.5 Å². The second kappa shape index (κ2) is 9.31. The van der Waals surface area contributed by atoms with Crippen LogP contribution >= 0.6 is 0 Å². The van der Waals surface area contributed by atoms with Crippen molar-refractivity contribution in [1.29, 1.82) is 0 Å². The van der Waals surface area contributed by atoms with Gasteiger partial charge in [-0.25, -0.2) is 0 Å². The van der Waals surface area contributed by atoms with Crippen LogP contribution in [-0.2, 0) is 16.8 Å². The standard InChI is InChI=1S/C22H30N2O3/c1-22(2,3)17-8-6-7-9-18(17)23-13-12-21(25)24-15-16-10-11-19(26-4)20(14-16)27-5/h6-11,14,23H,12-13,15H2,1-5H3,(H,24,25). The van der Waals surface area contributed by atoms with Gasteiger partial charge in [-0.1, -0.05) is 45.0 Å². The number of methoxy groups -OCH3 is 2. The fourth-order valence-corrected chi connectivity index (χ4v) is 2.88. The molecule has 0 atom stereocenters. The first-order valence-electron chi connectivity index (χ1n) is 9.16. The van der Waals surface area contributed by atoms with Crippen LogP contribution in [0.15, 0.2) is 42.5 Å². The van der Waals surface area contributed by atoms with Crippen LogP contribution in [0.4, 0.5) is 5.69 Å². The van der Waals surface area contributed by atoms with Crippen molar-refractivity contribution in [3.63, 3.8) is 0 Å². The third-order valence-electron chi connectivity index (χ3n) is 4.34. The first-order valence-corrected chi connectivity index (χ1v) is 9.16. The summed E-state index contributed by atoms with van der Waals surface area (Å²) in [5.41, 5.74) is 3.35. The molecule has 0 saturated carbocycles. The summed E-state index contributed by atoms with van der Waals surface area (Å²) in [7, 11) is 3.20. The van der Waals surface area contributed by atoms with E-state index < -0.39 is 0 Å². The van der Waals surface area contributed by atoms with Gasteiger partial charge in [0.1, 0.15) is 0 Å². The number of amides is 1. The zero-order chi connectivity index (χ0) is 19.9. The van der Waals surface area contributed by atoms with E-state index in [1.807, 2.05) is 30.3 Å². The van der Waals surface area contributed by atoms with Gasteiger partial charge in [0.05, 0.1) is 14.2 Å². The number of carbonyl (C=O) groups is 1. The summed E-state index contributed by atoms with van der Waals surface area (Å²) >= 11 is 0. The van der Waals surface area contributed by atoms with Gasteiger partial charge in [0, 0.05) is 25.2 Å². The van der Waals surface area contributed by atoms with E-state index >= 15 is 0 Å². The Morgan fingerprint density at radius 3 is 2.37 bits per heavy atom. The summed E-state index contributed by atoms with van der Waals surface area (Å²) in [6.45, 7) is 7.60. The van der Waals surface area contributed by atoms with Crippen molar-refractivity contribution in [2.45, 2.75) is 39.2 Å². The van der Waals surface area contributed by atoms with Crippen LogP contribution in [0.1, 0.15) is 38.3 Å². The van der Waals surface area contributed by atoms with E-state index in [0.717, 1.165) is 11.3 Å². The Bertz CT molecular complexity index is 766. The second-order valence-electron chi connectivity index (χ2n) is 7.44. The third kappa shape index (κ3) is 5.91. The molecule has 146 valence electrons. The molecule has 0 bridgehead atoms. The molecule has 0 heterocycles. The number of anilines is 1. The van der Waals surface area contributed by atoms with Crippen LogP contribution in [0.3, 0.4) is 0 Å².